The Bertz CT molecular complexity index is 3420. The topological polar surface area (TPSA) is 62.4 Å². The summed E-state index contributed by atoms with van der Waals surface area (Å²) in [5, 5.41) is 27.4. The van der Waals surface area contributed by atoms with Crippen LogP contribution in [-0.4, -0.2) is 13.7 Å². The van der Waals surface area contributed by atoms with Crippen LogP contribution in [0.25, 0.3) is 93.6 Å². The Morgan fingerprint density at radius 2 is 0.782 bits per heavy atom. The molecule has 8 aromatic carbocycles. The molecule has 0 amide bonds. The third-order valence-corrected chi connectivity index (χ3v) is 11.1. The van der Waals surface area contributed by atoms with Gasteiger partial charge in [0.25, 0.3) is 0 Å². The molecule has 5 heteroatoms. The quantitative estimate of drug-likeness (QED) is 0.184. The molecule has 3 aromatic heterocycles. The number of hydrogen-bond acceptors (Lipinski definition) is 2. The van der Waals surface area contributed by atoms with E-state index in [9.17, 15) is 10.5 Å². The molecule has 0 aliphatic rings. The Labute approximate surface area is 316 Å². The van der Waals surface area contributed by atoms with Gasteiger partial charge in [-0.2, -0.15) is 10.5 Å². The average Bonchev–Trinajstić information content (AvgIpc) is 3.88. The SMILES string of the molecule is N#Cc1ccc2c3ccccc3n(-c3ccc(C#N)c(-c4ccccc4-n4c5ccccc5c5ccc(-n6c7ccccc7c7ccccc76)cc54)c3)c2c1. The van der Waals surface area contributed by atoms with E-state index in [0.717, 1.165) is 82.8 Å². The van der Waals surface area contributed by atoms with E-state index in [0.29, 0.717) is 11.1 Å². The van der Waals surface area contributed by atoms with Gasteiger partial charge in [-0.15, -0.1) is 0 Å². The van der Waals surface area contributed by atoms with E-state index in [4.69, 9.17) is 0 Å². The summed E-state index contributed by atoms with van der Waals surface area (Å²) in [5.74, 6) is 0. The summed E-state index contributed by atoms with van der Waals surface area (Å²) in [5.41, 5.74) is 12.4. The van der Waals surface area contributed by atoms with E-state index < -0.39 is 0 Å². The first-order valence-electron chi connectivity index (χ1n) is 18.3. The van der Waals surface area contributed by atoms with Gasteiger partial charge in [0, 0.05) is 54.8 Å². The predicted molar refractivity (Wildman–Crippen MR) is 224 cm³/mol. The van der Waals surface area contributed by atoms with Crippen molar-refractivity contribution in [1.82, 2.24) is 13.7 Å². The summed E-state index contributed by atoms with van der Waals surface area (Å²) in [6.07, 6.45) is 0. The molecule has 3 heterocycles. The molecule has 0 unspecified atom stereocenters. The van der Waals surface area contributed by atoms with Crippen molar-refractivity contribution < 1.29 is 0 Å². The van der Waals surface area contributed by atoms with Crippen LogP contribution in [-0.2, 0) is 0 Å². The van der Waals surface area contributed by atoms with Gasteiger partial charge in [-0.3, -0.25) is 0 Å². The van der Waals surface area contributed by atoms with Crippen molar-refractivity contribution in [1.29, 1.82) is 10.5 Å². The molecule has 0 radical (unpaired) electrons. The van der Waals surface area contributed by atoms with Crippen molar-refractivity contribution in [2.75, 3.05) is 0 Å². The largest absolute Gasteiger partial charge is 0.309 e. The molecule has 11 aromatic rings. The number of fused-ring (bicyclic) bond motifs is 9. The summed E-state index contributed by atoms with van der Waals surface area (Å²) >= 11 is 0. The van der Waals surface area contributed by atoms with Crippen LogP contribution in [0.15, 0.2) is 176 Å². The molecule has 0 saturated heterocycles. The summed E-state index contributed by atoms with van der Waals surface area (Å²) in [4.78, 5) is 0. The van der Waals surface area contributed by atoms with Crippen LogP contribution in [0.4, 0.5) is 0 Å². The van der Waals surface area contributed by atoms with Crippen molar-refractivity contribution in [2.24, 2.45) is 0 Å². The third kappa shape index (κ3) is 4.45. The minimum Gasteiger partial charge on any atom is -0.309 e. The second-order valence-corrected chi connectivity index (χ2v) is 14.0. The second kappa shape index (κ2) is 11.8. The average molecular weight is 700 g/mol. The molecule has 0 bridgehead atoms. The number of nitrogens with zero attached hydrogens (tertiary/aromatic N) is 5. The van der Waals surface area contributed by atoms with E-state index in [2.05, 4.69) is 153 Å². The fraction of sp³-hybridized carbons (Fsp3) is 0. The van der Waals surface area contributed by atoms with Gasteiger partial charge in [0.1, 0.15) is 0 Å². The molecule has 0 aliphatic heterocycles. The van der Waals surface area contributed by atoms with Crippen molar-refractivity contribution in [3.8, 4) is 40.3 Å². The number of hydrogen-bond donors (Lipinski definition) is 0. The molecule has 11 rings (SSSR count). The number of rotatable bonds is 4. The Balaban J connectivity index is 1.18. The Kier molecular flexibility index (Phi) is 6.61. The van der Waals surface area contributed by atoms with Crippen LogP contribution in [0.3, 0.4) is 0 Å². The molecule has 0 aliphatic carbocycles. The van der Waals surface area contributed by atoms with Gasteiger partial charge in [0.05, 0.1) is 62.1 Å². The van der Waals surface area contributed by atoms with Gasteiger partial charge >= 0.3 is 0 Å². The van der Waals surface area contributed by atoms with Crippen LogP contribution in [0.5, 0.6) is 0 Å². The maximum atomic E-state index is 10.6. The highest BCUT2D eigenvalue weighted by molar-refractivity contribution is 6.13. The van der Waals surface area contributed by atoms with Gasteiger partial charge in [-0.05, 0) is 72.8 Å². The summed E-state index contributed by atoms with van der Waals surface area (Å²) in [6, 6.07) is 66.0. The third-order valence-electron chi connectivity index (χ3n) is 11.1. The van der Waals surface area contributed by atoms with Gasteiger partial charge < -0.3 is 13.7 Å². The molecule has 55 heavy (non-hydrogen) atoms. The molecular formula is C50H29N5. The predicted octanol–water partition coefficient (Wildman–Crippen LogP) is 12.4. The van der Waals surface area contributed by atoms with Crippen molar-refractivity contribution in [2.45, 2.75) is 0 Å². The van der Waals surface area contributed by atoms with Gasteiger partial charge in [0.2, 0.25) is 0 Å². The molecule has 0 N–H and O–H groups in total. The van der Waals surface area contributed by atoms with Gasteiger partial charge in [-0.25, -0.2) is 0 Å². The lowest BCUT2D eigenvalue weighted by Crippen LogP contribution is -2.01. The zero-order chi connectivity index (χ0) is 36.6. The molecular weight excluding hydrogens is 671 g/mol. The van der Waals surface area contributed by atoms with Gasteiger partial charge in [-0.1, -0.05) is 103 Å². The summed E-state index contributed by atoms with van der Waals surface area (Å²) in [7, 11) is 0. The highest BCUT2D eigenvalue weighted by atomic mass is 15.0. The van der Waals surface area contributed by atoms with E-state index in [1.165, 1.54) is 10.8 Å². The zero-order valence-corrected chi connectivity index (χ0v) is 29.5. The molecule has 0 fully saturated rings. The maximum absolute atomic E-state index is 10.6. The van der Waals surface area contributed by atoms with Crippen molar-refractivity contribution in [3.63, 3.8) is 0 Å². The minimum absolute atomic E-state index is 0.585. The Hall–Kier alpha value is -7.86. The van der Waals surface area contributed by atoms with E-state index in [-0.39, 0.29) is 0 Å². The fourth-order valence-electron chi connectivity index (χ4n) is 8.76. The molecule has 254 valence electrons. The normalized spacial score (nSPS) is 11.6. The first kappa shape index (κ1) is 30.7. The molecule has 0 atom stereocenters. The van der Waals surface area contributed by atoms with Gasteiger partial charge in [0.15, 0.2) is 0 Å². The van der Waals surface area contributed by atoms with E-state index in [1.807, 2.05) is 48.5 Å². The Morgan fingerprint density at radius 3 is 1.38 bits per heavy atom. The highest BCUT2D eigenvalue weighted by Gasteiger charge is 2.21. The number of nitriles is 2. The Morgan fingerprint density at radius 1 is 0.327 bits per heavy atom. The fourth-order valence-corrected chi connectivity index (χ4v) is 8.76. The lowest BCUT2D eigenvalue weighted by atomic mass is 9.97. The number of aromatic nitrogens is 3. The minimum atomic E-state index is 0.585. The van der Waals surface area contributed by atoms with E-state index in [1.54, 1.807) is 0 Å². The number of benzene rings is 8. The summed E-state index contributed by atoms with van der Waals surface area (Å²) < 4.78 is 6.92. The monoisotopic (exact) mass is 699 g/mol. The lowest BCUT2D eigenvalue weighted by molar-refractivity contribution is 1.15. The molecule has 5 nitrogen and oxygen atoms in total. The van der Waals surface area contributed by atoms with Crippen molar-refractivity contribution >= 4 is 65.4 Å². The second-order valence-electron chi connectivity index (χ2n) is 14.0. The number of para-hydroxylation sites is 5. The first-order valence-corrected chi connectivity index (χ1v) is 18.3. The van der Waals surface area contributed by atoms with Crippen LogP contribution in [0.2, 0.25) is 0 Å². The van der Waals surface area contributed by atoms with E-state index >= 15 is 0 Å². The van der Waals surface area contributed by atoms with Crippen LogP contribution < -0.4 is 0 Å². The van der Waals surface area contributed by atoms with Crippen LogP contribution in [0, 0.1) is 22.7 Å². The highest BCUT2D eigenvalue weighted by Crippen LogP contribution is 2.41. The molecule has 0 saturated carbocycles. The smallest absolute Gasteiger partial charge is 0.0998 e. The van der Waals surface area contributed by atoms with Crippen LogP contribution >= 0.6 is 0 Å². The zero-order valence-electron chi connectivity index (χ0n) is 29.5. The van der Waals surface area contributed by atoms with Crippen molar-refractivity contribution in [3.05, 3.63) is 187 Å². The molecule has 0 spiro atoms. The standard InChI is InChI=1S/C50H29N5/c51-30-32-21-25-41-38-13-3-8-18-46(38)54(49(41)27-32)34-23-22-33(31-52)43(28-34)40-15-5-10-20-48(40)55-47-19-9-4-14-39(47)42-26-24-35(29-50(42)55)53-44-16-6-1-11-36(44)37-12-2-7-17-45(37)53/h1-29H. The van der Waals surface area contributed by atoms with Crippen LogP contribution in [0.1, 0.15) is 11.1 Å². The summed E-state index contributed by atoms with van der Waals surface area (Å²) in [6.45, 7) is 0. The first-order chi connectivity index (χ1) is 27.2. The maximum Gasteiger partial charge on any atom is 0.0998 e. The lowest BCUT2D eigenvalue weighted by Gasteiger charge is -2.17.